The molecule has 2 aliphatic carbocycles. The maximum absolute atomic E-state index is 5.44. The van der Waals surface area contributed by atoms with Crippen molar-refractivity contribution in [1.82, 2.24) is 5.16 Å². The van der Waals surface area contributed by atoms with Gasteiger partial charge >= 0.3 is 0 Å². The number of fused-ring (bicyclic) bond motifs is 1. The van der Waals surface area contributed by atoms with E-state index in [0.717, 1.165) is 12.2 Å². The number of aromatic nitrogens is 1. The van der Waals surface area contributed by atoms with E-state index in [9.17, 15) is 0 Å². The zero-order valence-electron chi connectivity index (χ0n) is 18.4. The highest BCUT2D eigenvalue weighted by Gasteiger charge is 2.49. The van der Waals surface area contributed by atoms with E-state index >= 15 is 0 Å². The van der Waals surface area contributed by atoms with Gasteiger partial charge in [0.25, 0.3) is 0 Å². The fourth-order valence-corrected chi connectivity index (χ4v) is 5.19. The van der Waals surface area contributed by atoms with E-state index in [1.54, 1.807) is 17.3 Å². The quantitative estimate of drug-likeness (QED) is 0.533. The predicted molar refractivity (Wildman–Crippen MR) is 117 cm³/mol. The molecule has 1 fully saturated rings. The van der Waals surface area contributed by atoms with E-state index in [-0.39, 0.29) is 10.8 Å². The minimum atomic E-state index is 0.192. The molecule has 1 saturated carbocycles. The van der Waals surface area contributed by atoms with Crippen molar-refractivity contribution in [2.24, 2.45) is 11.8 Å². The van der Waals surface area contributed by atoms with Crippen LogP contribution in [-0.2, 0) is 17.3 Å². The van der Waals surface area contributed by atoms with E-state index in [4.69, 9.17) is 4.52 Å². The number of aryl methyl sites for hydroxylation is 1. The molecule has 0 radical (unpaired) electrons. The van der Waals surface area contributed by atoms with Crippen molar-refractivity contribution in [3.05, 3.63) is 52.4 Å². The molecule has 4 rings (SSSR count). The molecule has 1 aromatic carbocycles. The standard InChI is InChI=1S/C26H35NO/c1-7-8-9-19-14-23-24(26(5,6)17(2)25(23,3)4)16-22(19)21(18-10-11-18)15-20-12-13-27-28-20/h12-18H,7-11H2,1-6H3. The van der Waals surface area contributed by atoms with Crippen LogP contribution in [0.4, 0.5) is 0 Å². The third-order valence-corrected chi connectivity index (χ3v) is 7.68. The van der Waals surface area contributed by atoms with Crippen LogP contribution in [0.25, 0.3) is 11.6 Å². The van der Waals surface area contributed by atoms with Crippen LogP contribution in [0, 0.1) is 11.8 Å². The smallest absolute Gasteiger partial charge is 0.159 e. The van der Waals surface area contributed by atoms with E-state index < -0.39 is 0 Å². The van der Waals surface area contributed by atoms with Gasteiger partial charge in [-0.25, -0.2) is 0 Å². The van der Waals surface area contributed by atoms with Crippen LogP contribution in [0.1, 0.15) is 95.2 Å². The van der Waals surface area contributed by atoms with Gasteiger partial charge in [0.15, 0.2) is 5.76 Å². The fraction of sp³-hybridized carbons (Fsp3) is 0.577. The Hall–Kier alpha value is -1.83. The fourth-order valence-electron chi connectivity index (χ4n) is 5.19. The summed E-state index contributed by atoms with van der Waals surface area (Å²) in [7, 11) is 0. The van der Waals surface area contributed by atoms with Gasteiger partial charge in [-0.3, -0.25) is 0 Å². The van der Waals surface area contributed by atoms with Gasteiger partial charge in [-0.05, 0) is 82.3 Å². The second-order valence-electron chi connectivity index (χ2n) is 10.1. The lowest BCUT2D eigenvalue weighted by molar-refractivity contribution is 0.264. The van der Waals surface area contributed by atoms with Crippen LogP contribution >= 0.6 is 0 Å². The van der Waals surface area contributed by atoms with Gasteiger partial charge in [0.2, 0.25) is 0 Å². The van der Waals surface area contributed by atoms with Crippen molar-refractivity contribution in [3.63, 3.8) is 0 Å². The second kappa shape index (κ2) is 6.90. The summed E-state index contributed by atoms with van der Waals surface area (Å²) in [5, 5.41) is 3.91. The molecule has 0 amide bonds. The number of nitrogens with zero attached hydrogens (tertiary/aromatic N) is 1. The highest BCUT2D eigenvalue weighted by Crippen LogP contribution is 2.55. The number of hydrogen-bond donors (Lipinski definition) is 0. The summed E-state index contributed by atoms with van der Waals surface area (Å²) >= 11 is 0. The normalized spacial score (nSPS) is 23.1. The summed E-state index contributed by atoms with van der Waals surface area (Å²) in [5.74, 6) is 2.15. The summed E-state index contributed by atoms with van der Waals surface area (Å²) in [6.07, 6.45) is 10.2. The molecule has 150 valence electrons. The average molecular weight is 378 g/mol. The molecule has 2 aromatic rings. The predicted octanol–water partition coefficient (Wildman–Crippen LogP) is 7.17. The summed E-state index contributed by atoms with van der Waals surface area (Å²) < 4.78 is 5.44. The van der Waals surface area contributed by atoms with Crippen molar-refractivity contribution in [1.29, 1.82) is 0 Å². The van der Waals surface area contributed by atoms with Gasteiger partial charge in [-0.15, -0.1) is 0 Å². The lowest BCUT2D eigenvalue weighted by Crippen LogP contribution is -2.30. The van der Waals surface area contributed by atoms with E-state index in [2.05, 4.69) is 64.9 Å². The van der Waals surface area contributed by atoms with Crippen LogP contribution in [0.15, 0.2) is 28.9 Å². The Labute approximate surface area is 170 Å². The number of rotatable bonds is 6. The molecule has 0 saturated heterocycles. The van der Waals surface area contributed by atoms with Crippen LogP contribution in [0.3, 0.4) is 0 Å². The van der Waals surface area contributed by atoms with Crippen molar-refractivity contribution in [3.8, 4) is 0 Å². The van der Waals surface area contributed by atoms with E-state index in [0.29, 0.717) is 11.8 Å². The Morgan fingerprint density at radius 1 is 1.14 bits per heavy atom. The maximum atomic E-state index is 5.44. The maximum Gasteiger partial charge on any atom is 0.159 e. The van der Waals surface area contributed by atoms with Crippen LogP contribution in [-0.4, -0.2) is 5.16 Å². The molecule has 0 bridgehead atoms. The number of benzene rings is 1. The third-order valence-electron chi connectivity index (χ3n) is 7.68. The van der Waals surface area contributed by atoms with Gasteiger partial charge in [0.05, 0.1) is 6.20 Å². The highest BCUT2D eigenvalue weighted by molar-refractivity contribution is 5.85. The molecule has 1 unspecified atom stereocenters. The van der Waals surface area contributed by atoms with Crippen molar-refractivity contribution < 1.29 is 4.52 Å². The molecule has 2 nitrogen and oxygen atoms in total. The zero-order chi connectivity index (χ0) is 20.1. The molecule has 1 aromatic heterocycles. The van der Waals surface area contributed by atoms with Gasteiger partial charge in [0.1, 0.15) is 0 Å². The largest absolute Gasteiger partial charge is 0.357 e. The van der Waals surface area contributed by atoms with E-state index in [1.165, 1.54) is 42.4 Å². The Kier molecular flexibility index (Phi) is 4.80. The second-order valence-corrected chi connectivity index (χ2v) is 10.1. The molecule has 0 spiro atoms. The van der Waals surface area contributed by atoms with E-state index in [1.807, 2.05) is 6.07 Å². The minimum Gasteiger partial charge on any atom is -0.357 e. The summed E-state index contributed by atoms with van der Waals surface area (Å²) in [6, 6.07) is 7.07. The molecule has 1 atom stereocenters. The summed E-state index contributed by atoms with van der Waals surface area (Å²) in [5.41, 5.74) is 7.96. The molecule has 2 aliphatic rings. The first kappa shape index (κ1) is 19.5. The van der Waals surface area contributed by atoms with Gasteiger partial charge in [0, 0.05) is 6.07 Å². The topological polar surface area (TPSA) is 26.0 Å². The average Bonchev–Trinajstić information content (AvgIpc) is 3.35. The number of allylic oxidation sites excluding steroid dienone is 1. The number of unbranched alkanes of at least 4 members (excludes halogenated alkanes) is 1. The lowest BCUT2D eigenvalue weighted by atomic mass is 9.71. The van der Waals surface area contributed by atoms with Gasteiger partial charge in [-0.1, -0.05) is 65.3 Å². The molecule has 0 N–H and O–H groups in total. The molecule has 2 heteroatoms. The molecule has 0 aliphatic heterocycles. The first-order valence-electron chi connectivity index (χ1n) is 11.1. The van der Waals surface area contributed by atoms with Crippen molar-refractivity contribution in [2.75, 3.05) is 0 Å². The van der Waals surface area contributed by atoms with Crippen molar-refractivity contribution >= 4 is 11.6 Å². The first-order valence-corrected chi connectivity index (χ1v) is 11.1. The summed E-state index contributed by atoms with van der Waals surface area (Å²) in [6.45, 7) is 14.4. The summed E-state index contributed by atoms with van der Waals surface area (Å²) in [4.78, 5) is 0. The van der Waals surface area contributed by atoms with Crippen LogP contribution in [0.5, 0.6) is 0 Å². The monoisotopic (exact) mass is 377 g/mol. The van der Waals surface area contributed by atoms with Crippen LogP contribution in [0.2, 0.25) is 0 Å². The lowest BCUT2D eigenvalue weighted by Gasteiger charge is -2.32. The molecule has 1 heterocycles. The Bertz CT molecular complexity index is 881. The molecular formula is C26H35NO. The Morgan fingerprint density at radius 3 is 2.39 bits per heavy atom. The van der Waals surface area contributed by atoms with Gasteiger partial charge < -0.3 is 4.52 Å². The zero-order valence-corrected chi connectivity index (χ0v) is 18.4. The van der Waals surface area contributed by atoms with Gasteiger partial charge in [-0.2, -0.15) is 0 Å². The SMILES string of the molecule is CCCCc1cc2c(cc1C(=Cc1ccno1)C1CC1)C(C)(C)C(C)C2(C)C. The van der Waals surface area contributed by atoms with Crippen LogP contribution < -0.4 is 0 Å². The molecular weight excluding hydrogens is 342 g/mol. The third kappa shape index (κ3) is 3.15. The highest BCUT2D eigenvalue weighted by atomic mass is 16.5. The Balaban J connectivity index is 1.90. The minimum absolute atomic E-state index is 0.192. The Morgan fingerprint density at radius 2 is 1.82 bits per heavy atom. The first-order chi connectivity index (χ1) is 13.3. The molecule has 28 heavy (non-hydrogen) atoms. The number of hydrogen-bond acceptors (Lipinski definition) is 2. The van der Waals surface area contributed by atoms with Crippen molar-refractivity contribution in [2.45, 2.75) is 84.5 Å².